The van der Waals surface area contributed by atoms with Crippen LogP contribution in [0.3, 0.4) is 0 Å². The zero-order chi connectivity index (χ0) is 18.2. The van der Waals surface area contributed by atoms with Crippen molar-refractivity contribution in [2.24, 2.45) is 0 Å². The normalized spacial score (nSPS) is 13.2. The summed E-state index contributed by atoms with van der Waals surface area (Å²) < 4.78 is 24.6. The van der Waals surface area contributed by atoms with Crippen LogP contribution in [0.1, 0.15) is 24.4 Å². The molecule has 1 aliphatic rings. The number of benzene rings is 1. The third-order valence-corrected chi connectivity index (χ3v) is 5.53. The van der Waals surface area contributed by atoms with Crippen LogP contribution in [0, 0.1) is 0 Å². The third kappa shape index (κ3) is 3.22. The molecule has 0 bridgehead atoms. The number of nitrogens with one attached hydrogen (secondary N) is 1. The Kier molecular flexibility index (Phi) is 4.49. The van der Waals surface area contributed by atoms with Crippen LogP contribution in [0.15, 0.2) is 21.4 Å². The van der Waals surface area contributed by atoms with Gasteiger partial charge in [0.05, 0.1) is 11.5 Å². The highest BCUT2D eigenvalue weighted by atomic mass is 32.2. The highest BCUT2D eigenvalue weighted by Gasteiger charge is 2.26. The van der Waals surface area contributed by atoms with E-state index in [9.17, 15) is 9.59 Å². The summed E-state index contributed by atoms with van der Waals surface area (Å²) in [4.78, 5) is 24.0. The first-order valence-corrected chi connectivity index (χ1v) is 9.57. The van der Waals surface area contributed by atoms with Gasteiger partial charge in [-0.05, 0) is 13.0 Å². The first-order chi connectivity index (χ1) is 11.8. The highest BCUT2D eigenvalue weighted by Crippen LogP contribution is 2.50. The Bertz CT molecular complexity index is 957. The molecular weight excluding hydrogens is 346 g/mol. The molecule has 0 amide bonds. The van der Waals surface area contributed by atoms with Crippen LogP contribution >= 0.6 is 9.39 Å². The van der Waals surface area contributed by atoms with E-state index in [-0.39, 0.29) is 24.9 Å². The van der Waals surface area contributed by atoms with Crippen LogP contribution in [0.5, 0.6) is 11.5 Å². The molecule has 1 N–H and O–H groups in total. The second kappa shape index (κ2) is 6.45. The zero-order valence-corrected chi connectivity index (χ0v) is 14.9. The summed E-state index contributed by atoms with van der Waals surface area (Å²) in [7, 11) is -2.17. The van der Waals surface area contributed by atoms with Crippen molar-refractivity contribution in [1.82, 2.24) is 4.72 Å². The molecule has 0 atom stereocenters. The fourth-order valence-electron chi connectivity index (χ4n) is 2.55. The average Bonchev–Trinajstić information content (AvgIpc) is 3.16. The molecule has 8 heteroatoms. The maximum absolute atomic E-state index is 11.7. The molecule has 134 valence electrons. The topological polar surface area (TPSA) is 87.0 Å². The van der Waals surface area contributed by atoms with Gasteiger partial charge in [-0.15, -0.1) is 9.39 Å². The molecular formula is C17H19NO6S. The van der Waals surface area contributed by atoms with Crippen molar-refractivity contribution in [2.45, 2.75) is 18.7 Å². The monoisotopic (exact) mass is 365 g/mol. The number of carbonyl (C=O) groups is 2. The first-order valence-electron chi connectivity index (χ1n) is 7.60. The van der Waals surface area contributed by atoms with Crippen molar-refractivity contribution in [3.63, 3.8) is 0 Å². The van der Waals surface area contributed by atoms with Gasteiger partial charge in [-0.2, -0.15) is 0 Å². The lowest BCUT2D eigenvalue weighted by Crippen LogP contribution is -2.22. The molecule has 0 saturated heterocycles. The van der Waals surface area contributed by atoms with E-state index in [0.29, 0.717) is 34.0 Å². The second-order valence-corrected chi connectivity index (χ2v) is 7.99. The minimum Gasteiger partial charge on any atom is -0.465 e. The number of fused-ring (bicyclic) bond motifs is 2. The summed E-state index contributed by atoms with van der Waals surface area (Å²) in [6.07, 6.45) is 0. The maximum Gasteiger partial charge on any atom is 0.320 e. The maximum atomic E-state index is 11.7. The molecule has 0 unspecified atom stereocenters. The summed E-state index contributed by atoms with van der Waals surface area (Å²) in [6.45, 7) is 3.48. The van der Waals surface area contributed by atoms with E-state index in [2.05, 4.69) is 16.5 Å². The average molecular weight is 365 g/mol. The number of carbonyl (C=O) groups excluding carboxylic acids is 2. The van der Waals surface area contributed by atoms with Crippen molar-refractivity contribution >= 4 is 43.9 Å². The van der Waals surface area contributed by atoms with E-state index in [1.165, 1.54) is 6.92 Å². The number of esters is 1. The van der Waals surface area contributed by atoms with Gasteiger partial charge in [0.1, 0.15) is 12.1 Å². The Labute approximate surface area is 145 Å². The molecule has 1 aromatic carbocycles. The smallest absolute Gasteiger partial charge is 0.320 e. The van der Waals surface area contributed by atoms with E-state index in [1.54, 1.807) is 19.1 Å². The lowest BCUT2D eigenvalue weighted by molar-refractivity contribution is -0.141. The Balaban J connectivity index is 2.10. The number of ketones is 1. The lowest BCUT2D eigenvalue weighted by Gasteiger charge is -2.19. The number of hydrogen-bond donors (Lipinski definition) is 1. The largest absolute Gasteiger partial charge is 0.465 e. The van der Waals surface area contributed by atoms with Crippen molar-refractivity contribution in [2.75, 3.05) is 19.9 Å². The predicted molar refractivity (Wildman–Crippen MR) is 97.1 cm³/mol. The number of Topliss-reactive ketones (excluding diaryl/α,β-unsaturated/α-hetero) is 1. The van der Waals surface area contributed by atoms with Crippen LogP contribution in [0.2, 0.25) is 0 Å². The van der Waals surface area contributed by atoms with E-state index < -0.39 is 15.4 Å². The summed E-state index contributed by atoms with van der Waals surface area (Å²) >= 11 is 0. The molecule has 3 rings (SSSR count). The zero-order valence-electron chi connectivity index (χ0n) is 14.0. The standard InChI is InChI=1S/C17H19NO6S/c1-5-21-15(20)8-18-25(3,4)17-11-6-12(10(2)19)24-13(11)7-14-16(17)23-9-22-14/h6-7,18H,3-5,8-9H2,1-2H3. The predicted octanol–water partition coefficient (Wildman–Crippen LogP) is 2.46. The van der Waals surface area contributed by atoms with Gasteiger partial charge in [-0.3, -0.25) is 14.3 Å². The third-order valence-electron chi connectivity index (χ3n) is 3.65. The van der Waals surface area contributed by atoms with Crippen LogP contribution < -0.4 is 14.2 Å². The molecule has 1 aromatic heterocycles. The van der Waals surface area contributed by atoms with E-state index in [0.717, 1.165) is 0 Å². The molecule has 0 aliphatic carbocycles. The SMILES string of the molecule is C=S(=C)(NCC(=O)OCC)c1c2c(cc3oc(C(C)=O)cc13)OCO2. The Hall–Kier alpha value is -2.45. The molecule has 0 fully saturated rings. The molecule has 0 radical (unpaired) electrons. The summed E-state index contributed by atoms with van der Waals surface area (Å²) in [5.41, 5.74) is 0.478. The van der Waals surface area contributed by atoms with Crippen molar-refractivity contribution < 1.29 is 28.2 Å². The van der Waals surface area contributed by atoms with E-state index >= 15 is 0 Å². The van der Waals surface area contributed by atoms with Crippen molar-refractivity contribution in [3.8, 4) is 11.5 Å². The molecule has 0 spiro atoms. The van der Waals surface area contributed by atoms with Gasteiger partial charge in [-0.1, -0.05) is 11.7 Å². The Morgan fingerprint density at radius 3 is 2.76 bits per heavy atom. The lowest BCUT2D eigenvalue weighted by atomic mass is 10.2. The van der Waals surface area contributed by atoms with Crippen molar-refractivity contribution in [1.29, 1.82) is 0 Å². The molecule has 0 saturated carbocycles. The highest BCUT2D eigenvalue weighted by molar-refractivity contribution is 8.26. The fraction of sp³-hybridized carbons (Fsp3) is 0.294. The van der Waals surface area contributed by atoms with Crippen LogP contribution in [-0.4, -0.2) is 43.4 Å². The molecule has 2 aromatic rings. The van der Waals surface area contributed by atoms with Crippen LogP contribution in [0.4, 0.5) is 0 Å². The van der Waals surface area contributed by atoms with Gasteiger partial charge >= 0.3 is 5.97 Å². The Morgan fingerprint density at radius 1 is 1.32 bits per heavy atom. The quantitative estimate of drug-likeness (QED) is 0.478. The van der Waals surface area contributed by atoms with Crippen LogP contribution in [0.25, 0.3) is 11.0 Å². The van der Waals surface area contributed by atoms with Gasteiger partial charge in [0.15, 0.2) is 23.0 Å². The van der Waals surface area contributed by atoms with Gasteiger partial charge < -0.3 is 18.6 Å². The summed E-state index contributed by atoms with van der Waals surface area (Å²) in [5, 5.41) is 0.658. The molecule has 7 nitrogen and oxygen atoms in total. The van der Waals surface area contributed by atoms with Gasteiger partial charge in [0.25, 0.3) is 0 Å². The summed E-state index contributed by atoms with van der Waals surface area (Å²) in [5.74, 6) is 8.91. The minimum atomic E-state index is -2.17. The number of rotatable bonds is 6. The minimum absolute atomic E-state index is 0.0421. The Morgan fingerprint density at radius 2 is 2.08 bits per heavy atom. The van der Waals surface area contributed by atoms with Crippen molar-refractivity contribution in [3.05, 3.63) is 17.9 Å². The fourth-order valence-corrected chi connectivity index (χ4v) is 4.18. The first kappa shape index (κ1) is 17.4. The number of furan rings is 1. The van der Waals surface area contributed by atoms with Crippen LogP contribution in [-0.2, 0) is 9.53 Å². The molecule has 1 aliphatic heterocycles. The summed E-state index contributed by atoms with van der Waals surface area (Å²) in [6, 6.07) is 3.31. The van der Waals surface area contributed by atoms with Gasteiger partial charge in [-0.25, -0.2) is 0 Å². The van der Waals surface area contributed by atoms with E-state index in [1.807, 2.05) is 0 Å². The van der Waals surface area contributed by atoms with Gasteiger partial charge in [0.2, 0.25) is 6.79 Å². The van der Waals surface area contributed by atoms with E-state index in [4.69, 9.17) is 18.6 Å². The van der Waals surface area contributed by atoms with Gasteiger partial charge in [0, 0.05) is 18.4 Å². The second-order valence-electron chi connectivity index (χ2n) is 5.53. The number of ether oxygens (including phenoxy) is 3. The molecule has 25 heavy (non-hydrogen) atoms. The molecule has 2 heterocycles. The number of hydrogen-bond acceptors (Lipinski definition) is 7.